The zero-order valence-corrected chi connectivity index (χ0v) is 12.0. The van der Waals surface area contributed by atoms with Gasteiger partial charge in [-0.05, 0) is 17.7 Å². The lowest BCUT2D eigenvalue weighted by Gasteiger charge is -2.15. The molecule has 0 aromatic heterocycles. The molecule has 0 bridgehead atoms. The van der Waals surface area contributed by atoms with Crippen LogP contribution in [0.15, 0.2) is 18.2 Å². The smallest absolute Gasteiger partial charge is 0.222 e. The molecular weight excluding hydrogens is 262 g/mol. The summed E-state index contributed by atoms with van der Waals surface area (Å²) in [5, 5.41) is 12.7. The molecule has 0 radical (unpaired) electrons. The Bertz CT molecular complexity index is 436. The normalized spacial score (nSPS) is 11.8. The van der Waals surface area contributed by atoms with Crippen LogP contribution in [0.1, 0.15) is 18.1 Å². The van der Waals surface area contributed by atoms with Crippen LogP contribution < -0.4 is 14.8 Å². The zero-order valence-electron chi connectivity index (χ0n) is 12.0. The van der Waals surface area contributed by atoms with E-state index in [1.54, 1.807) is 25.3 Å². The summed E-state index contributed by atoms with van der Waals surface area (Å²) in [5.41, 5.74) is 0.648. The number of methoxy groups -OCH3 is 3. The molecule has 6 nitrogen and oxygen atoms in total. The van der Waals surface area contributed by atoms with Crippen LogP contribution >= 0.6 is 0 Å². The lowest BCUT2D eigenvalue weighted by atomic mass is 10.1. The van der Waals surface area contributed by atoms with Crippen molar-refractivity contribution in [2.45, 2.75) is 12.5 Å². The van der Waals surface area contributed by atoms with Gasteiger partial charge in [0.1, 0.15) is 0 Å². The molecule has 1 unspecified atom stereocenters. The number of carbonyl (C=O) groups excluding carboxylic acids is 1. The Balaban J connectivity index is 2.59. The summed E-state index contributed by atoms with van der Waals surface area (Å²) in [6.07, 6.45) is -0.531. The highest BCUT2D eigenvalue weighted by atomic mass is 16.5. The number of ether oxygens (including phenoxy) is 3. The molecule has 0 aliphatic rings. The maximum atomic E-state index is 11.4. The molecule has 0 aliphatic carbocycles. The van der Waals surface area contributed by atoms with Crippen molar-refractivity contribution in [2.24, 2.45) is 0 Å². The highest BCUT2D eigenvalue weighted by Gasteiger charge is 2.12. The first-order chi connectivity index (χ1) is 9.62. The second-order valence-electron chi connectivity index (χ2n) is 4.18. The van der Waals surface area contributed by atoms with Crippen molar-refractivity contribution in [3.05, 3.63) is 23.8 Å². The molecule has 0 saturated heterocycles. The Morgan fingerprint density at radius 2 is 1.95 bits per heavy atom. The molecule has 0 heterocycles. The maximum absolute atomic E-state index is 11.4. The molecule has 1 atom stereocenters. The maximum Gasteiger partial charge on any atom is 0.222 e. The number of aliphatic hydroxyl groups is 1. The average molecular weight is 283 g/mol. The fraction of sp³-hybridized carbons (Fsp3) is 0.500. The van der Waals surface area contributed by atoms with E-state index in [0.29, 0.717) is 23.7 Å². The molecule has 0 spiro atoms. The van der Waals surface area contributed by atoms with Gasteiger partial charge >= 0.3 is 0 Å². The van der Waals surface area contributed by atoms with Gasteiger partial charge in [-0.25, -0.2) is 0 Å². The lowest BCUT2D eigenvalue weighted by molar-refractivity contribution is -0.122. The lowest BCUT2D eigenvalue weighted by Crippen LogP contribution is -2.29. The van der Waals surface area contributed by atoms with Crippen molar-refractivity contribution in [2.75, 3.05) is 34.5 Å². The van der Waals surface area contributed by atoms with Gasteiger partial charge in [0.25, 0.3) is 0 Å². The Morgan fingerprint density at radius 3 is 2.55 bits per heavy atom. The van der Waals surface area contributed by atoms with Gasteiger partial charge in [-0.2, -0.15) is 0 Å². The highest BCUT2D eigenvalue weighted by Crippen LogP contribution is 2.29. The third kappa shape index (κ3) is 4.71. The first-order valence-electron chi connectivity index (χ1n) is 6.28. The summed E-state index contributed by atoms with van der Waals surface area (Å²) in [7, 11) is 4.61. The fourth-order valence-corrected chi connectivity index (χ4v) is 1.67. The number of carbonyl (C=O) groups is 1. The highest BCUT2D eigenvalue weighted by molar-refractivity contribution is 5.76. The molecule has 1 rings (SSSR count). The number of nitrogens with one attached hydrogen (secondary N) is 1. The number of hydrogen-bond acceptors (Lipinski definition) is 5. The van der Waals surface area contributed by atoms with E-state index < -0.39 is 6.10 Å². The first kappa shape index (κ1) is 16.3. The second kappa shape index (κ2) is 8.39. The molecule has 6 heteroatoms. The van der Waals surface area contributed by atoms with E-state index in [2.05, 4.69) is 5.32 Å². The van der Waals surface area contributed by atoms with Crippen LogP contribution in [0, 0.1) is 0 Å². The van der Waals surface area contributed by atoms with E-state index >= 15 is 0 Å². The molecular formula is C14H21NO5. The van der Waals surface area contributed by atoms with Crippen LogP contribution in [-0.2, 0) is 9.53 Å². The van der Waals surface area contributed by atoms with Crippen LogP contribution in [0.5, 0.6) is 11.5 Å². The van der Waals surface area contributed by atoms with Crippen molar-refractivity contribution in [1.82, 2.24) is 5.32 Å². The molecule has 2 N–H and O–H groups in total. The monoisotopic (exact) mass is 283 g/mol. The number of rotatable bonds is 8. The number of amides is 1. The minimum Gasteiger partial charge on any atom is -0.493 e. The van der Waals surface area contributed by atoms with Gasteiger partial charge in [-0.15, -0.1) is 0 Å². The average Bonchev–Trinajstić information content (AvgIpc) is 2.49. The van der Waals surface area contributed by atoms with Crippen LogP contribution in [0.4, 0.5) is 0 Å². The quantitative estimate of drug-likeness (QED) is 0.741. The molecule has 0 fully saturated rings. The van der Waals surface area contributed by atoms with E-state index in [9.17, 15) is 9.90 Å². The summed E-state index contributed by atoms with van der Waals surface area (Å²) < 4.78 is 15.1. The van der Waals surface area contributed by atoms with Gasteiger partial charge < -0.3 is 24.6 Å². The molecule has 1 amide bonds. The van der Waals surface area contributed by atoms with E-state index in [0.717, 1.165) is 0 Å². The van der Waals surface area contributed by atoms with Gasteiger partial charge in [0.2, 0.25) is 5.91 Å². The summed E-state index contributed by atoms with van der Waals surface area (Å²) in [6.45, 7) is 0.496. The third-order valence-corrected chi connectivity index (χ3v) is 2.82. The molecule has 1 aromatic rings. The van der Waals surface area contributed by atoms with Crippen molar-refractivity contribution in [3.63, 3.8) is 0 Å². The molecule has 1 aromatic carbocycles. The standard InChI is InChI=1S/C14H21NO5/c1-18-7-6-14(17)15-9-11(16)10-4-5-12(19-2)13(8-10)20-3/h4-5,8,11,16H,6-7,9H2,1-3H3,(H,15,17). The van der Waals surface area contributed by atoms with Gasteiger partial charge in [0.05, 0.1) is 26.9 Å². The summed E-state index contributed by atoms with van der Waals surface area (Å²) >= 11 is 0. The van der Waals surface area contributed by atoms with E-state index in [1.165, 1.54) is 14.2 Å². The summed E-state index contributed by atoms with van der Waals surface area (Å²) in [5.74, 6) is 0.966. The predicted octanol–water partition coefficient (Wildman–Crippen LogP) is 0.890. The molecule has 0 aliphatic heterocycles. The van der Waals surface area contributed by atoms with Crippen LogP contribution in [-0.4, -0.2) is 45.5 Å². The van der Waals surface area contributed by atoms with Crippen molar-refractivity contribution < 1.29 is 24.1 Å². The van der Waals surface area contributed by atoms with Crippen LogP contribution in [0.25, 0.3) is 0 Å². The van der Waals surface area contributed by atoms with Gasteiger partial charge in [0, 0.05) is 20.1 Å². The third-order valence-electron chi connectivity index (χ3n) is 2.82. The minimum atomic E-state index is -0.804. The van der Waals surface area contributed by atoms with Crippen molar-refractivity contribution in [3.8, 4) is 11.5 Å². The number of benzene rings is 1. The summed E-state index contributed by atoms with van der Waals surface area (Å²) in [6, 6.07) is 5.13. The topological polar surface area (TPSA) is 77.0 Å². The van der Waals surface area contributed by atoms with Crippen LogP contribution in [0.3, 0.4) is 0 Å². The predicted molar refractivity (Wildman–Crippen MR) is 74.0 cm³/mol. The number of aliphatic hydroxyl groups excluding tert-OH is 1. The Hall–Kier alpha value is -1.79. The van der Waals surface area contributed by atoms with Crippen molar-refractivity contribution >= 4 is 5.91 Å². The van der Waals surface area contributed by atoms with E-state index in [1.807, 2.05) is 0 Å². The zero-order chi connectivity index (χ0) is 15.0. The minimum absolute atomic E-state index is 0.137. The number of hydrogen-bond donors (Lipinski definition) is 2. The largest absolute Gasteiger partial charge is 0.493 e. The molecule has 0 saturated carbocycles. The van der Waals surface area contributed by atoms with E-state index in [-0.39, 0.29) is 18.9 Å². The Labute approximate surface area is 118 Å². The fourth-order valence-electron chi connectivity index (χ4n) is 1.67. The second-order valence-corrected chi connectivity index (χ2v) is 4.18. The molecule has 20 heavy (non-hydrogen) atoms. The summed E-state index contributed by atoms with van der Waals surface area (Å²) in [4.78, 5) is 11.4. The van der Waals surface area contributed by atoms with Gasteiger partial charge in [-0.3, -0.25) is 4.79 Å². The van der Waals surface area contributed by atoms with Crippen LogP contribution in [0.2, 0.25) is 0 Å². The Kier molecular flexibility index (Phi) is 6.83. The van der Waals surface area contributed by atoms with Crippen molar-refractivity contribution in [1.29, 1.82) is 0 Å². The Morgan fingerprint density at radius 1 is 1.25 bits per heavy atom. The SMILES string of the molecule is COCCC(=O)NCC(O)c1ccc(OC)c(OC)c1. The van der Waals surface area contributed by atoms with Gasteiger partial charge in [0.15, 0.2) is 11.5 Å². The first-order valence-corrected chi connectivity index (χ1v) is 6.28. The van der Waals surface area contributed by atoms with Gasteiger partial charge in [-0.1, -0.05) is 6.07 Å². The molecule has 112 valence electrons. The van der Waals surface area contributed by atoms with E-state index in [4.69, 9.17) is 14.2 Å².